The van der Waals surface area contributed by atoms with Crippen molar-refractivity contribution in [1.29, 1.82) is 5.26 Å². The molecule has 4 nitrogen and oxygen atoms in total. The van der Waals surface area contributed by atoms with Gasteiger partial charge in [-0.1, -0.05) is 0 Å². The Kier molecular flexibility index (Phi) is 4.09. The number of anilines is 1. The van der Waals surface area contributed by atoms with Crippen LogP contribution < -0.4 is 14.8 Å². The average Bonchev–Trinajstić information content (AvgIpc) is 2.38. The molecule has 0 atom stereocenters. The maximum absolute atomic E-state index is 8.41. The smallest absolute Gasteiger partial charge is 0.163 e. The van der Waals surface area contributed by atoms with E-state index in [4.69, 9.17) is 14.7 Å². The molecule has 1 aliphatic rings. The SMILES string of the molecule is N#CCCCCNc1ccc2c(c1)OCCO2. The summed E-state index contributed by atoms with van der Waals surface area (Å²) in [5.74, 6) is 1.62. The van der Waals surface area contributed by atoms with Crippen LogP contribution in [0.15, 0.2) is 18.2 Å². The van der Waals surface area contributed by atoms with Gasteiger partial charge in [-0.25, -0.2) is 0 Å². The third kappa shape index (κ3) is 3.28. The van der Waals surface area contributed by atoms with Gasteiger partial charge in [0.05, 0.1) is 6.07 Å². The van der Waals surface area contributed by atoms with Crippen LogP contribution in [-0.2, 0) is 0 Å². The number of nitrogens with zero attached hydrogens (tertiary/aromatic N) is 1. The van der Waals surface area contributed by atoms with Gasteiger partial charge in [-0.2, -0.15) is 5.26 Å². The van der Waals surface area contributed by atoms with Crippen LogP contribution in [0.3, 0.4) is 0 Å². The molecule has 0 amide bonds. The number of unbranched alkanes of at least 4 members (excludes halogenated alkanes) is 2. The first-order chi connectivity index (χ1) is 8.40. The largest absolute Gasteiger partial charge is 0.486 e. The van der Waals surface area contributed by atoms with Crippen molar-refractivity contribution in [3.63, 3.8) is 0 Å². The van der Waals surface area contributed by atoms with E-state index in [0.717, 1.165) is 36.6 Å². The molecule has 0 saturated heterocycles. The van der Waals surface area contributed by atoms with Crippen LogP contribution in [0.5, 0.6) is 11.5 Å². The number of nitriles is 1. The number of fused-ring (bicyclic) bond motifs is 1. The van der Waals surface area contributed by atoms with E-state index in [9.17, 15) is 0 Å². The van der Waals surface area contributed by atoms with Gasteiger partial charge in [0.1, 0.15) is 13.2 Å². The van der Waals surface area contributed by atoms with Gasteiger partial charge < -0.3 is 14.8 Å². The second kappa shape index (κ2) is 6.00. The summed E-state index contributed by atoms with van der Waals surface area (Å²) in [4.78, 5) is 0. The second-order valence-corrected chi connectivity index (χ2v) is 3.90. The predicted octanol–water partition coefficient (Wildman–Crippen LogP) is 2.56. The lowest BCUT2D eigenvalue weighted by Gasteiger charge is -2.19. The Balaban J connectivity index is 1.83. The number of rotatable bonds is 5. The van der Waals surface area contributed by atoms with Crippen molar-refractivity contribution in [1.82, 2.24) is 0 Å². The Bertz CT molecular complexity index is 412. The molecule has 0 saturated carbocycles. The van der Waals surface area contributed by atoms with Gasteiger partial charge in [0.25, 0.3) is 0 Å². The second-order valence-electron chi connectivity index (χ2n) is 3.90. The number of hydrogen-bond acceptors (Lipinski definition) is 4. The number of hydrogen-bond donors (Lipinski definition) is 1. The summed E-state index contributed by atoms with van der Waals surface area (Å²) in [6.07, 6.45) is 2.57. The van der Waals surface area contributed by atoms with Crippen LogP contribution in [0.2, 0.25) is 0 Å². The fourth-order valence-corrected chi connectivity index (χ4v) is 1.72. The van der Waals surface area contributed by atoms with Gasteiger partial charge in [-0.05, 0) is 25.0 Å². The molecule has 1 heterocycles. The van der Waals surface area contributed by atoms with Crippen molar-refractivity contribution in [2.24, 2.45) is 0 Å². The zero-order valence-electron chi connectivity index (χ0n) is 9.74. The van der Waals surface area contributed by atoms with Gasteiger partial charge in [-0.15, -0.1) is 0 Å². The standard InChI is InChI=1S/C13H16N2O2/c14-6-2-1-3-7-15-11-4-5-12-13(10-11)17-9-8-16-12/h4-5,10,15H,1-3,7-9H2. The highest BCUT2D eigenvalue weighted by molar-refractivity contribution is 5.55. The topological polar surface area (TPSA) is 54.3 Å². The van der Waals surface area contributed by atoms with Crippen molar-refractivity contribution in [3.8, 4) is 17.6 Å². The zero-order chi connectivity index (χ0) is 11.9. The summed E-state index contributed by atoms with van der Waals surface area (Å²) < 4.78 is 10.9. The van der Waals surface area contributed by atoms with Crippen molar-refractivity contribution in [2.45, 2.75) is 19.3 Å². The van der Waals surface area contributed by atoms with E-state index in [1.165, 1.54) is 0 Å². The molecular formula is C13H16N2O2. The Morgan fingerprint density at radius 2 is 2.00 bits per heavy atom. The minimum absolute atomic E-state index is 0.610. The highest BCUT2D eigenvalue weighted by Crippen LogP contribution is 2.32. The molecule has 0 aromatic heterocycles. The molecule has 0 aliphatic carbocycles. The lowest BCUT2D eigenvalue weighted by Crippen LogP contribution is -2.15. The lowest BCUT2D eigenvalue weighted by molar-refractivity contribution is 0.171. The first-order valence-corrected chi connectivity index (χ1v) is 5.90. The highest BCUT2D eigenvalue weighted by Gasteiger charge is 2.11. The molecular weight excluding hydrogens is 216 g/mol. The summed E-state index contributed by atoms with van der Waals surface area (Å²) in [6, 6.07) is 8.01. The molecule has 0 spiro atoms. The summed E-state index contributed by atoms with van der Waals surface area (Å²) in [7, 11) is 0. The van der Waals surface area contributed by atoms with E-state index in [0.29, 0.717) is 19.6 Å². The first-order valence-electron chi connectivity index (χ1n) is 5.90. The minimum Gasteiger partial charge on any atom is -0.486 e. The van der Waals surface area contributed by atoms with Gasteiger partial charge in [0, 0.05) is 24.7 Å². The lowest BCUT2D eigenvalue weighted by atomic mass is 10.2. The van der Waals surface area contributed by atoms with Crippen LogP contribution >= 0.6 is 0 Å². The quantitative estimate of drug-likeness (QED) is 0.793. The molecule has 4 heteroatoms. The van der Waals surface area contributed by atoms with Gasteiger partial charge in [0.15, 0.2) is 11.5 Å². The van der Waals surface area contributed by atoms with Crippen LogP contribution in [0.25, 0.3) is 0 Å². The van der Waals surface area contributed by atoms with Crippen LogP contribution in [-0.4, -0.2) is 19.8 Å². The molecule has 1 aliphatic heterocycles. The Morgan fingerprint density at radius 1 is 1.18 bits per heavy atom. The molecule has 1 N–H and O–H groups in total. The Labute approximate surface area is 101 Å². The maximum atomic E-state index is 8.41. The van der Waals surface area contributed by atoms with Gasteiger partial charge >= 0.3 is 0 Å². The molecule has 0 bridgehead atoms. The van der Waals surface area contributed by atoms with Crippen molar-refractivity contribution >= 4 is 5.69 Å². The third-order valence-corrected chi connectivity index (χ3v) is 2.59. The summed E-state index contributed by atoms with van der Waals surface area (Å²) in [5.41, 5.74) is 1.03. The predicted molar refractivity (Wildman–Crippen MR) is 65.4 cm³/mol. The maximum Gasteiger partial charge on any atom is 0.163 e. The van der Waals surface area contributed by atoms with E-state index < -0.39 is 0 Å². The van der Waals surface area contributed by atoms with Gasteiger partial charge in [0.2, 0.25) is 0 Å². The summed E-state index contributed by atoms with van der Waals surface area (Å²) in [6.45, 7) is 2.11. The van der Waals surface area contributed by atoms with Crippen LogP contribution in [0.4, 0.5) is 5.69 Å². The number of ether oxygens (including phenoxy) is 2. The number of benzene rings is 1. The van der Waals surface area contributed by atoms with Crippen LogP contribution in [0.1, 0.15) is 19.3 Å². The molecule has 0 unspecified atom stereocenters. The van der Waals surface area contributed by atoms with E-state index in [-0.39, 0.29) is 0 Å². The monoisotopic (exact) mass is 232 g/mol. The highest BCUT2D eigenvalue weighted by atomic mass is 16.6. The fraction of sp³-hybridized carbons (Fsp3) is 0.462. The zero-order valence-corrected chi connectivity index (χ0v) is 9.74. The van der Waals surface area contributed by atoms with Crippen molar-refractivity contribution in [3.05, 3.63) is 18.2 Å². The van der Waals surface area contributed by atoms with Gasteiger partial charge in [-0.3, -0.25) is 0 Å². The molecule has 17 heavy (non-hydrogen) atoms. The number of nitrogens with one attached hydrogen (secondary N) is 1. The fourth-order valence-electron chi connectivity index (χ4n) is 1.72. The van der Waals surface area contributed by atoms with E-state index >= 15 is 0 Å². The van der Waals surface area contributed by atoms with E-state index in [1.54, 1.807) is 0 Å². The van der Waals surface area contributed by atoms with Crippen molar-refractivity contribution < 1.29 is 9.47 Å². The molecule has 0 fully saturated rings. The minimum atomic E-state index is 0.610. The average molecular weight is 232 g/mol. The molecule has 1 aromatic carbocycles. The van der Waals surface area contributed by atoms with E-state index in [2.05, 4.69) is 11.4 Å². The Morgan fingerprint density at radius 3 is 2.82 bits per heavy atom. The van der Waals surface area contributed by atoms with Crippen molar-refractivity contribution in [2.75, 3.05) is 25.1 Å². The molecule has 2 rings (SSSR count). The molecule has 0 radical (unpaired) electrons. The molecule has 90 valence electrons. The third-order valence-electron chi connectivity index (χ3n) is 2.59. The first kappa shape index (κ1) is 11.6. The molecule has 1 aromatic rings. The summed E-state index contributed by atoms with van der Waals surface area (Å²) in [5, 5.41) is 11.7. The van der Waals surface area contributed by atoms with Crippen LogP contribution in [0, 0.1) is 11.3 Å². The normalized spacial score (nSPS) is 12.9. The Hall–Kier alpha value is -1.89. The van der Waals surface area contributed by atoms with E-state index in [1.807, 2.05) is 18.2 Å². The summed E-state index contributed by atoms with van der Waals surface area (Å²) >= 11 is 0.